The monoisotopic (exact) mass is 396 g/mol. The van der Waals surface area contributed by atoms with Crippen molar-refractivity contribution >= 4 is 17.4 Å². The van der Waals surface area contributed by atoms with Gasteiger partial charge in [0.2, 0.25) is 5.91 Å². The van der Waals surface area contributed by atoms with Gasteiger partial charge in [0.25, 0.3) is 5.88 Å². The molecule has 1 N–H and O–H groups in total. The second-order valence-electron chi connectivity index (χ2n) is 7.21. The van der Waals surface area contributed by atoms with Crippen LogP contribution in [0.3, 0.4) is 0 Å². The van der Waals surface area contributed by atoms with Crippen LogP contribution in [-0.4, -0.2) is 34.8 Å². The molecule has 0 bridgehead atoms. The summed E-state index contributed by atoms with van der Waals surface area (Å²) in [7, 11) is 1.53. The second-order valence-corrected chi connectivity index (χ2v) is 7.21. The van der Waals surface area contributed by atoms with Crippen molar-refractivity contribution < 1.29 is 18.6 Å². The van der Waals surface area contributed by atoms with Gasteiger partial charge in [-0.1, -0.05) is 17.3 Å². The van der Waals surface area contributed by atoms with E-state index in [9.17, 15) is 4.79 Å². The summed E-state index contributed by atoms with van der Waals surface area (Å²) in [5.74, 6) is 2.62. The summed E-state index contributed by atoms with van der Waals surface area (Å²) in [5.41, 5.74) is 4.29. The number of carbonyl (C=O) groups excluding carboxylic acids is 1. The highest BCUT2D eigenvalue weighted by atomic mass is 16.5. The molecule has 1 aliphatic heterocycles. The van der Waals surface area contributed by atoms with Crippen LogP contribution in [0.25, 0.3) is 0 Å². The first-order valence-corrected chi connectivity index (χ1v) is 9.63. The van der Waals surface area contributed by atoms with Gasteiger partial charge in [-0.15, -0.1) is 0 Å². The van der Waals surface area contributed by atoms with E-state index in [-0.39, 0.29) is 5.91 Å². The van der Waals surface area contributed by atoms with Gasteiger partial charge in [-0.3, -0.25) is 4.79 Å². The summed E-state index contributed by atoms with van der Waals surface area (Å²) in [5, 5.41) is 11.3. The molecule has 1 aliphatic rings. The van der Waals surface area contributed by atoms with Gasteiger partial charge in [-0.25, -0.2) is 0 Å². The molecule has 1 amide bonds. The zero-order valence-electron chi connectivity index (χ0n) is 16.8. The minimum Gasteiger partial charge on any atom is -0.479 e. The summed E-state index contributed by atoms with van der Waals surface area (Å²) in [6.45, 7) is 5.23. The summed E-state index contributed by atoms with van der Waals surface area (Å²) < 4.78 is 15.7. The zero-order chi connectivity index (χ0) is 20.4. The quantitative estimate of drug-likeness (QED) is 0.681. The predicted molar refractivity (Wildman–Crippen MR) is 106 cm³/mol. The Morgan fingerprint density at radius 2 is 2.14 bits per heavy atom. The molecular weight excluding hydrogens is 372 g/mol. The van der Waals surface area contributed by atoms with Crippen molar-refractivity contribution in [3.05, 3.63) is 52.5 Å². The Bertz CT molecular complexity index is 1020. The number of ether oxygens (including phenoxy) is 1. The summed E-state index contributed by atoms with van der Waals surface area (Å²) in [6.07, 6.45) is 1.48. The normalized spacial score (nSPS) is 13.3. The van der Waals surface area contributed by atoms with E-state index in [1.807, 2.05) is 17.0 Å². The third-order valence-corrected chi connectivity index (χ3v) is 5.37. The number of nitrogens with zero attached hydrogens (tertiary/aromatic N) is 3. The number of hydrogen-bond acceptors (Lipinski definition) is 7. The van der Waals surface area contributed by atoms with E-state index < -0.39 is 0 Å². The van der Waals surface area contributed by atoms with Crippen molar-refractivity contribution in [2.24, 2.45) is 0 Å². The fourth-order valence-electron chi connectivity index (χ4n) is 3.43. The first-order chi connectivity index (χ1) is 14.0. The van der Waals surface area contributed by atoms with Crippen LogP contribution >= 0.6 is 0 Å². The lowest BCUT2D eigenvalue weighted by Crippen LogP contribution is -2.35. The highest BCUT2D eigenvalue weighted by molar-refractivity contribution is 5.77. The van der Waals surface area contributed by atoms with Crippen LogP contribution < -0.4 is 10.1 Å². The Labute approximate surface area is 168 Å². The minimum atomic E-state index is 0.0601. The lowest BCUT2D eigenvalue weighted by molar-refractivity contribution is -0.132. The fraction of sp³-hybridized carbons (Fsp3) is 0.381. The molecule has 0 saturated heterocycles. The lowest BCUT2D eigenvalue weighted by atomic mass is 10.1. The van der Waals surface area contributed by atoms with Gasteiger partial charge in [0.1, 0.15) is 11.5 Å². The Morgan fingerprint density at radius 3 is 2.93 bits per heavy atom. The summed E-state index contributed by atoms with van der Waals surface area (Å²) in [4.78, 5) is 14.5. The molecule has 29 heavy (non-hydrogen) atoms. The number of amides is 1. The van der Waals surface area contributed by atoms with Gasteiger partial charge in [-0.2, -0.15) is 0 Å². The standard InChI is InChI=1S/C21H24N4O4/c1-13-5-4-6-17(14(13)2)22-21-16-12-25(10-9-18(16)29-24-21)20(26)8-7-15-11-19(27-3)23-28-15/h4-6,11H,7-10,12H2,1-3H3,(H,22,24). The summed E-state index contributed by atoms with van der Waals surface area (Å²) >= 11 is 0. The van der Waals surface area contributed by atoms with E-state index in [0.717, 1.165) is 22.6 Å². The van der Waals surface area contributed by atoms with E-state index in [1.165, 1.54) is 12.7 Å². The van der Waals surface area contributed by atoms with Crippen LogP contribution in [-0.2, 0) is 24.2 Å². The van der Waals surface area contributed by atoms with Gasteiger partial charge >= 0.3 is 0 Å². The van der Waals surface area contributed by atoms with Crippen LogP contribution in [0.15, 0.2) is 33.3 Å². The Hall–Kier alpha value is -3.29. The van der Waals surface area contributed by atoms with Gasteiger partial charge in [-0.05, 0) is 36.2 Å². The molecule has 0 aliphatic carbocycles. The van der Waals surface area contributed by atoms with Crippen molar-refractivity contribution in [2.45, 2.75) is 39.7 Å². The van der Waals surface area contributed by atoms with Crippen LogP contribution in [0, 0.1) is 13.8 Å². The molecule has 0 radical (unpaired) electrons. The molecule has 0 saturated carbocycles. The lowest BCUT2D eigenvalue weighted by Gasteiger charge is -2.26. The molecule has 4 rings (SSSR count). The third kappa shape index (κ3) is 3.96. The number of benzene rings is 1. The SMILES string of the molecule is COc1cc(CCC(=O)N2CCc3onc(Nc4cccc(C)c4C)c3C2)on1. The van der Waals surface area contributed by atoms with E-state index in [0.29, 0.717) is 49.8 Å². The van der Waals surface area contributed by atoms with Crippen molar-refractivity contribution in [1.29, 1.82) is 0 Å². The fourth-order valence-corrected chi connectivity index (χ4v) is 3.43. The maximum absolute atomic E-state index is 12.7. The average Bonchev–Trinajstić information content (AvgIpc) is 3.36. The van der Waals surface area contributed by atoms with Crippen LogP contribution in [0.5, 0.6) is 5.88 Å². The van der Waals surface area contributed by atoms with E-state index >= 15 is 0 Å². The van der Waals surface area contributed by atoms with Crippen molar-refractivity contribution in [1.82, 2.24) is 15.2 Å². The largest absolute Gasteiger partial charge is 0.479 e. The highest BCUT2D eigenvalue weighted by Crippen LogP contribution is 2.30. The number of anilines is 2. The maximum atomic E-state index is 12.7. The molecule has 152 valence electrons. The Balaban J connectivity index is 1.43. The number of hydrogen-bond donors (Lipinski definition) is 1. The van der Waals surface area contributed by atoms with Crippen LogP contribution in [0.4, 0.5) is 11.5 Å². The number of fused-ring (bicyclic) bond motifs is 1. The predicted octanol–water partition coefficient (Wildman–Crippen LogP) is 3.55. The van der Waals surface area contributed by atoms with Gasteiger partial charge in [0.05, 0.1) is 19.2 Å². The average molecular weight is 396 g/mol. The molecule has 8 nitrogen and oxygen atoms in total. The molecular formula is C21H24N4O4. The Kier molecular flexibility index (Phi) is 5.24. The van der Waals surface area contributed by atoms with E-state index in [2.05, 4.69) is 35.5 Å². The molecule has 8 heteroatoms. The van der Waals surface area contributed by atoms with E-state index in [4.69, 9.17) is 13.8 Å². The van der Waals surface area contributed by atoms with Crippen molar-refractivity contribution in [2.75, 3.05) is 19.0 Å². The van der Waals surface area contributed by atoms with Gasteiger partial charge in [0, 0.05) is 37.6 Å². The highest BCUT2D eigenvalue weighted by Gasteiger charge is 2.27. The third-order valence-electron chi connectivity index (χ3n) is 5.37. The first kappa shape index (κ1) is 19.0. The van der Waals surface area contributed by atoms with Gasteiger partial charge < -0.3 is 24.0 Å². The Morgan fingerprint density at radius 1 is 1.28 bits per heavy atom. The molecule has 1 aromatic carbocycles. The number of nitrogens with one attached hydrogen (secondary N) is 1. The number of rotatable bonds is 6. The topological polar surface area (TPSA) is 93.6 Å². The van der Waals surface area contributed by atoms with Crippen molar-refractivity contribution in [3.8, 4) is 5.88 Å². The zero-order valence-corrected chi connectivity index (χ0v) is 16.8. The molecule has 0 atom stereocenters. The first-order valence-electron chi connectivity index (χ1n) is 9.63. The smallest absolute Gasteiger partial charge is 0.254 e. The molecule has 2 aromatic heterocycles. The number of carbonyl (C=O) groups is 1. The number of methoxy groups -OCH3 is 1. The van der Waals surface area contributed by atoms with Crippen LogP contribution in [0.1, 0.15) is 34.6 Å². The molecule has 3 aromatic rings. The summed E-state index contributed by atoms with van der Waals surface area (Å²) in [6, 6.07) is 7.80. The van der Waals surface area contributed by atoms with Gasteiger partial charge in [0.15, 0.2) is 5.82 Å². The minimum absolute atomic E-state index is 0.0601. The van der Waals surface area contributed by atoms with Crippen molar-refractivity contribution in [3.63, 3.8) is 0 Å². The second kappa shape index (κ2) is 7.98. The molecule has 0 spiro atoms. The van der Waals surface area contributed by atoms with E-state index in [1.54, 1.807) is 6.07 Å². The number of aryl methyl sites for hydroxylation is 2. The maximum Gasteiger partial charge on any atom is 0.254 e. The molecule has 0 fully saturated rings. The molecule has 3 heterocycles. The molecule has 0 unspecified atom stereocenters. The van der Waals surface area contributed by atoms with Crippen LogP contribution in [0.2, 0.25) is 0 Å². The number of aromatic nitrogens is 2.